The number of nitrogens with one attached hydrogen (secondary N) is 1. The van der Waals surface area contributed by atoms with Crippen LogP contribution in [0.15, 0.2) is 29.3 Å². The maximum Gasteiger partial charge on any atom is 0.239 e. The molecule has 3 rings (SSSR count). The van der Waals surface area contributed by atoms with Crippen molar-refractivity contribution in [3.05, 3.63) is 29.8 Å². The second-order valence-corrected chi connectivity index (χ2v) is 8.45. The highest BCUT2D eigenvalue weighted by Gasteiger charge is 2.30. The number of carbonyl (C=O) groups excluding carboxylic acids is 1. The normalized spacial score (nSPS) is 18.9. The molecule has 1 amide bonds. The molecule has 0 spiro atoms. The highest BCUT2D eigenvalue weighted by Crippen LogP contribution is 2.15. The number of guanidine groups is 1. The first-order valence-corrected chi connectivity index (χ1v) is 11.8. The molecule has 1 atom stereocenters. The Kier molecular flexibility index (Phi) is 9.00. The van der Waals surface area contributed by atoms with E-state index in [1.54, 1.807) is 0 Å². The monoisotopic (exact) mass is 429 g/mol. The van der Waals surface area contributed by atoms with Gasteiger partial charge in [0.1, 0.15) is 5.75 Å². The van der Waals surface area contributed by atoms with Crippen molar-refractivity contribution in [3.63, 3.8) is 0 Å². The Labute approximate surface area is 187 Å². The van der Waals surface area contributed by atoms with E-state index in [0.717, 1.165) is 89.8 Å². The number of piperazine rings is 1. The molecule has 31 heavy (non-hydrogen) atoms. The van der Waals surface area contributed by atoms with E-state index in [9.17, 15) is 4.79 Å². The predicted molar refractivity (Wildman–Crippen MR) is 126 cm³/mol. The molecule has 7 nitrogen and oxygen atoms in total. The number of aliphatic imine (C=N–C) groups is 1. The van der Waals surface area contributed by atoms with E-state index in [2.05, 4.69) is 52.2 Å². The third-order valence-corrected chi connectivity index (χ3v) is 6.22. The minimum Gasteiger partial charge on any atom is -0.494 e. The quantitative estimate of drug-likeness (QED) is 0.507. The summed E-state index contributed by atoms with van der Waals surface area (Å²) in [5.41, 5.74) is 1.26. The van der Waals surface area contributed by atoms with Crippen LogP contribution in [0.5, 0.6) is 5.75 Å². The molecule has 172 valence electrons. The average molecular weight is 430 g/mol. The van der Waals surface area contributed by atoms with E-state index in [1.807, 2.05) is 18.0 Å². The van der Waals surface area contributed by atoms with Crippen LogP contribution in [0.4, 0.5) is 0 Å². The van der Waals surface area contributed by atoms with E-state index in [1.165, 1.54) is 5.56 Å². The third-order valence-electron chi connectivity index (χ3n) is 6.22. The summed E-state index contributed by atoms with van der Waals surface area (Å²) >= 11 is 0. The van der Waals surface area contributed by atoms with Gasteiger partial charge >= 0.3 is 0 Å². The van der Waals surface area contributed by atoms with E-state index in [4.69, 9.17) is 4.74 Å². The zero-order chi connectivity index (χ0) is 22.1. The zero-order valence-electron chi connectivity index (χ0n) is 19.5. The van der Waals surface area contributed by atoms with Gasteiger partial charge in [0, 0.05) is 52.9 Å². The van der Waals surface area contributed by atoms with Gasteiger partial charge in [0.15, 0.2) is 5.96 Å². The number of ether oxygens (including phenoxy) is 1. The molecule has 1 unspecified atom stereocenters. The molecule has 1 N–H and O–H groups in total. The molecule has 0 saturated carbocycles. The highest BCUT2D eigenvalue weighted by atomic mass is 16.5. The molecule has 0 aliphatic carbocycles. The van der Waals surface area contributed by atoms with Crippen LogP contribution < -0.4 is 10.1 Å². The summed E-state index contributed by atoms with van der Waals surface area (Å²) in [5.74, 6) is 2.17. The minimum atomic E-state index is -0.0302. The molecule has 2 aliphatic rings. The van der Waals surface area contributed by atoms with Crippen molar-refractivity contribution in [2.24, 2.45) is 4.99 Å². The summed E-state index contributed by atoms with van der Waals surface area (Å²) in [6.45, 7) is 11.1. The van der Waals surface area contributed by atoms with E-state index in [-0.39, 0.29) is 6.04 Å². The number of hydrogen-bond donors (Lipinski definition) is 1. The lowest BCUT2D eigenvalue weighted by Gasteiger charge is -2.39. The Bertz CT molecular complexity index is 724. The van der Waals surface area contributed by atoms with Crippen molar-refractivity contribution in [3.8, 4) is 5.75 Å². The number of likely N-dealkylation sites (tertiary alicyclic amines) is 1. The summed E-state index contributed by atoms with van der Waals surface area (Å²) in [5, 5.41) is 3.50. The molecular formula is C24H39N5O2. The Morgan fingerprint density at radius 2 is 1.87 bits per heavy atom. The molecule has 2 aliphatic heterocycles. The van der Waals surface area contributed by atoms with Crippen LogP contribution in [0.1, 0.15) is 38.7 Å². The molecule has 0 bridgehead atoms. The van der Waals surface area contributed by atoms with Crippen molar-refractivity contribution < 1.29 is 9.53 Å². The van der Waals surface area contributed by atoms with Gasteiger partial charge in [-0.3, -0.25) is 14.7 Å². The van der Waals surface area contributed by atoms with Gasteiger partial charge in [-0.25, -0.2) is 0 Å². The highest BCUT2D eigenvalue weighted by molar-refractivity contribution is 5.82. The summed E-state index contributed by atoms with van der Waals surface area (Å²) in [4.78, 5) is 23.8. The first-order chi connectivity index (χ1) is 15.1. The number of carbonyl (C=O) groups is 1. The minimum absolute atomic E-state index is 0.0302. The maximum atomic E-state index is 12.7. The van der Waals surface area contributed by atoms with Crippen LogP contribution in [-0.2, 0) is 11.2 Å². The molecule has 1 aromatic carbocycles. The van der Waals surface area contributed by atoms with Gasteiger partial charge in [0.25, 0.3) is 0 Å². The lowest BCUT2D eigenvalue weighted by atomic mass is 10.1. The molecule has 2 heterocycles. The van der Waals surface area contributed by atoms with Gasteiger partial charge in [-0.05, 0) is 50.3 Å². The molecule has 2 saturated heterocycles. The van der Waals surface area contributed by atoms with Gasteiger partial charge in [0.05, 0.1) is 12.6 Å². The molecule has 0 radical (unpaired) electrons. The summed E-state index contributed by atoms with van der Waals surface area (Å²) in [7, 11) is 1.84. The van der Waals surface area contributed by atoms with E-state index in [0.29, 0.717) is 5.91 Å². The topological polar surface area (TPSA) is 60.4 Å². The van der Waals surface area contributed by atoms with Crippen molar-refractivity contribution in [1.29, 1.82) is 0 Å². The smallest absolute Gasteiger partial charge is 0.239 e. The van der Waals surface area contributed by atoms with Gasteiger partial charge in [0.2, 0.25) is 5.91 Å². The first-order valence-electron chi connectivity index (χ1n) is 11.8. The van der Waals surface area contributed by atoms with Crippen LogP contribution in [0.25, 0.3) is 0 Å². The molecule has 2 fully saturated rings. The summed E-state index contributed by atoms with van der Waals surface area (Å²) in [6.07, 6.45) is 4.22. The Morgan fingerprint density at radius 3 is 2.55 bits per heavy atom. The fraction of sp³-hybridized carbons (Fsp3) is 0.667. The number of hydrogen-bond acceptors (Lipinski definition) is 4. The Morgan fingerprint density at radius 1 is 1.13 bits per heavy atom. The molecule has 1 aromatic rings. The van der Waals surface area contributed by atoms with Gasteiger partial charge < -0.3 is 19.9 Å². The van der Waals surface area contributed by atoms with Gasteiger partial charge in [-0.2, -0.15) is 0 Å². The zero-order valence-corrected chi connectivity index (χ0v) is 19.5. The van der Waals surface area contributed by atoms with Gasteiger partial charge in [-0.1, -0.05) is 19.1 Å². The molecule has 7 heteroatoms. The standard InChI is InChI=1S/C24H39N5O2/c1-4-18-31-22-9-7-8-21(19-22)10-11-26-24(25-3)29-16-14-27(15-17-29)20(2)23(30)28-12-5-6-13-28/h7-9,19-20H,4-6,10-18H2,1-3H3,(H,25,26). The summed E-state index contributed by atoms with van der Waals surface area (Å²) < 4.78 is 5.73. The van der Waals surface area contributed by atoms with Crippen LogP contribution in [0.2, 0.25) is 0 Å². The largest absolute Gasteiger partial charge is 0.494 e. The number of amides is 1. The van der Waals surface area contributed by atoms with Crippen molar-refractivity contribution in [1.82, 2.24) is 20.0 Å². The fourth-order valence-electron chi connectivity index (χ4n) is 4.34. The van der Waals surface area contributed by atoms with Crippen LogP contribution in [-0.4, -0.2) is 92.1 Å². The lowest BCUT2D eigenvalue weighted by Crippen LogP contribution is -2.57. The predicted octanol–water partition coefficient (Wildman–Crippen LogP) is 2.22. The third kappa shape index (κ3) is 6.60. The summed E-state index contributed by atoms with van der Waals surface area (Å²) in [6, 6.07) is 8.30. The first kappa shape index (κ1) is 23.4. The maximum absolute atomic E-state index is 12.7. The van der Waals surface area contributed by atoms with Crippen LogP contribution in [0, 0.1) is 0 Å². The van der Waals surface area contributed by atoms with Crippen molar-refractivity contribution in [2.45, 2.75) is 45.6 Å². The second-order valence-electron chi connectivity index (χ2n) is 8.45. The molecular weight excluding hydrogens is 390 g/mol. The molecule has 0 aromatic heterocycles. The number of benzene rings is 1. The average Bonchev–Trinajstić information content (AvgIpc) is 3.35. The Hall–Kier alpha value is -2.28. The number of rotatable bonds is 8. The fourth-order valence-corrected chi connectivity index (χ4v) is 4.34. The van der Waals surface area contributed by atoms with Gasteiger partial charge in [-0.15, -0.1) is 0 Å². The van der Waals surface area contributed by atoms with E-state index < -0.39 is 0 Å². The number of nitrogens with zero attached hydrogens (tertiary/aromatic N) is 4. The van der Waals surface area contributed by atoms with E-state index >= 15 is 0 Å². The Balaban J connectivity index is 1.42. The van der Waals surface area contributed by atoms with Crippen LogP contribution in [0.3, 0.4) is 0 Å². The SMILES string of the molecule is CCCOc1cccc(CCNC(=NC)N2CCN(C(C)C(=O)N3CCCC3)CC2)c1. The van der Waals surface area contributed by atoms with Crippen LogP contribution >= 0.6 is 0 Å². The van der Waals surface area contributed by atoms with Crippen molar-refractivity contribution in [2.75, 3.05) is 59.5 Å². The second kappa shape index (κ2) is 11.9. The van der Waals surface area contributed by atoms with Crippen molar-refractivity contribution >= 4 is 11.9 Å². The lowest BCUT2D eigenvalue weighted by molar-refractivity contribution is -0.135.